The molecule has 2 heterocycles. The first-order valence-electron chi connectivity index (χ1n) is 10.9. The van der Waals surface area contributed by atoms with Gasteiger partial charge in [-0.1, -0.05) is 18.2 Å². The number of benzene rings is 2. The Kier molecular flexibility index (Phi) is 5.23. The normalized spacial score (nSPS) is 20.9. The lowest BCUT2D eigenvalue weighted by atomic mass is 9.76. The van der Waals surface area contributed by atoms with E-state index < -0.39 is 5.60 Å². The molecule has 4 aromatic rings. The van der Waals surface area contributed by atoms with Crippen LogP contribution in [0.2, 0.25) is 0 Å². The number of imidazole rings is 1. The summed E-state index contributed by atoms with van der Waals surface area (Å²) >= 11 is 0. The SMILES string of the molecule is CC1(O)CCC[C@@H](c2cccnc2Oc2ccc(C(=O)c3nc4ccccc4[nH]3)cc2)C1. The van der Waals surface area contributed by atoms with Crippen LogP contribution in [0.3, 0.4) is 0 Å². The van der Waals surface area contributed by atoms with E-state index in [0.29, 0.717) is 29.4 Å². The lowest BCUT2D eigenvalue weighted by Gasteiger charge is -2.34. The van der Waals surface area contributed by atoms with Gasteiger partial charge in [0.2, 0.25) is 11.7 Å². The third-order valence-electron chi connectivity index (χ3n) is 6.13. The third-order valence-corrected chi connectivity index (χ3v) is 6.13. The van der Waals surface area contributed by atoms with E-state index >= 15 is 0 Å². The van der Waals surface area contributed by atoms with Crippen molar-refractivity contribution in [3.05, 3.63) is 83.8 Å². The van der Waals surface area contributed by atoms with Gasteiger partial charge in [0.15, 0.2) is 5.82 Å². The number of ether oxygens (including phenoxy) is 1. The lowest BCUT2D eigenvalue weighted by molar-refractivity contribution is 0.0142. The van der Waals surface area contributed by atoms with Crippen molar-refractivity contribution < 1.29 is 14.6 Å². The Morgan fingerprint density at radius 2 is 1.94 bits per heavy atom. The van der Waals surface area contributed by atoms with Crippen molar-refractivity contribution in [2.24, 2.45) is 0 Å². The smallest absolute Gasteiger partial charge is 0.228 e. The first-order chi connectivity index (χ1) is 15.5. The minimum absolute atomic E-state index is 0.171. The molecule has 2 aromatic carbocycles. The number of aromatic nitrogens is 3. The van der Waals surface area contributed by atoms with Crippen molar-refractivity contribution in [1.82, 2.24) is 15.0 Å². The molecule has 0 aliphatic heterocycles. The van der Waals surface area contributed by atoms with Gasteiger partial charge in [-0.15, -0.1) is 0 Å². The van der Waals surface area contributed by atoms with E-state index in [9.17, 15) is 9.90 Å². The van der Waals surface area contributed by atoms with Gasteiger partial charge in [-0.3, -0.25) is 4.79 Å². The number of ketones is 1. The van der Waals surface area contributed by atoms with Crippen LogP contribution in [0.25, 0.3) is 11.0 Å². The summed E-state index contributed by atoms with van der Waals surface area (Å²) in [6.45, 7) is 1.90. The molecule has 1 saturated carbocycles. The van der Waals surface area contributed by atoms with Crippen LogP contribution in [0.1, 0.15) is 60.3 Å². The molecule has 0 bridgehead atoms. The standard InChI is InChI=1S/C26H25N3O3/c1-26(31)14-4-6-18(16-26)20-7-5-15-27-25(20)32-19-12-10-17(11-13-19)23(30)24-28-21-8-2-3-9-22(21)29-24/h2-3,5,7-13,15,18,31H,4,6,14,16H2,1H3,(H,28,29)/t18-,26?/m1/s1. The monoisotopic (exact) mass is 427 g/mol. The zero-order valence-corrected chi connectivity index (χ0v) is 17.9. The van der Waals surface area contributed by atoms with E-state index in [1.54, 1.807) is 30.5 Å². The summed E-state index contributed by atoms with van der Waals surface area (Å²) in [7, 11) is 0. The quantitative estimate of drug-likeness (QED) is 0.417. The fraction of sp³-hybridized carbons (Fsp3) is 0.269. The fourth-order valence-electron chi connectivity index (χ4n) is 4.51. The summed E-state index contributed by atoms with van der Waals surface area (Å²) in [6.07, 6.45) is 5.20. The molecule has 0 saturated heterocycles. The van der Waals surface area contributed by atoms with Gasteiger partial charge in [-0.25, -0.2) is 9.97 Å². The maximum atomic E-state index is 12.8. The minimum Gasteiger partial charge on any atom is -0.439 e. The Balaban J connectivity index is 1.35. The predicted molar refractivity (Wildman–Crippen MR) is 122 cm³/mol. The van der Waals surface area contributed by atoms with E-state index in [-0.39, 0.29) is 11.7 Å². The number of hydrogen-bond donors (Lipinski definition) is 2. The summed E-state index contributed by atoms with van der Waals surface area (Å²) in [5.41, 5.74) is 2.48. The second kappa shape index (κ2) is 8.20. The van der Waals surface area contributed by atoms with Gasteiger partial charge in [0.25, 0.3) is 0 Å². The predicted octanol–water partition coefficient (Wildman–Crippen LogP) is 5.39. The Bertz CT molecular complexity index is 1230. The van der Waals surface area contributed by atoms with Crippen LogP contribution in [0.5, 0.6) is 11.6 Å². The molecule has 0 amide bonds. The van der Waals surface area contributed by atoms with Crippen molar-refractivity contribution in [2.75, 3.05) is 0 Å². The summed E-state index contributed by atoms with van der Waals surface area (Å²) in [5, 5.41) is 10.5. The zero-order valence-electron chi connectivity index (χ0n) is 17.9. The molecule has 1 aliphatic carbocycles. The first kappa shape index (κ1) is 20.4. The fourth-order valence-corrected chi connectivity index (χ4v) is 4.51. The largest absolute Gasteiger partial charge is 0.439 e. The van der Waals surface area contributed by atoms with E-state index in [4.69, 9.17) is 4.74 Å². The van der Waals surface area contributed by atoms with Crippen LogP contribution >= 0.6 is 0 Å². The second-order valence-corrected chi connectivity index (χ2v) is 8.75. The van der Waals surface area contributed by atoms with Gasteiger partial charge in [0.1, 0.15) is 5.75 Å². The molecule has 5 rings (SSSR count). The highest BCUT2D eigenvalue weighted by atomic mass is 16.5. The van der Waals surface area contributed by atoms with Crippen molar-refractivity contribution in [3.63, 3.8) is 0 Å². The molecule has 2 N–H and O–H groups in total. The number of aliphatic hydroxyl groups is 1. The highest BCUT2D eigenvalue weighted by molar-refractivity contribution is 6.08. The number of carbonyl (C=O) groups excluding carboxylic acids is 1. The topological polar surface area (TPSA) is 88.1 Å². The summed E-state index contributed by atoms with van der Waals surface area (Å²) < 4.78 is 6.09. The van der Waals surface area contributed by atoms with Crippen LogP contribution < -0.4 is 4.74 Å². The average Bonchev–Trinajstić information content (AvgIpc) is 3.23. The molecule has 0 spiro atoms. The van der Waals surface area contributed by atoms with Crippen molar-refractivity contribution >= 4 is 16.8 Å². The van der Waals surface area contributed by atoms with E-state index in [1.807, 2.05) is 43.3 Å². The highest BCUT2D eigenvalue weighted by Crippen LogP contribution is 2.41. The Labute approximate surface area is 186 Å². The Morgan fingerprint density at radius 3 is 2.72 bits per heavy atom. The van der Waals surface area contributed by atoms with Gasteiger partial charge >= 0.3 is 0 Å². The number of carbonyl (C=O) groups is 1. The second-order valence-electron chi connectivity index (χ2n) is 8.75. The number of nitrogens with zero attached hydrogens (tertiary/aromatic N) is 2. The number of hydrogen-bond acceptors (Lipinski definition) is 5. The number of H-pyrrole nitrogens is 1. The number of rotatable bonds is 5. The van der Waals surface area contributed by atoms with Crippen LogP contribution in [-0.4, -0.2) is 31.4 Å². The van der Waals surface area contributed by atoms with Gasteiger partial charge in [-0.2, -0.15) is 0 Å². The number of para-hydroxylation sites is 2. The first-order valence-corrected chi connectivity index (χ1v) is 10.9. The molecular formula is C26H25N3O3. The Hall–Kier alpha value is -3.51. The molecule has 1 aliphatic rings. The summed E-state index contributed by atoms with van der Waals surface area (Å²) in [4.78, 5) is 24.7. The van der Waals surface area contributed by atoms with Gasteiger partial charge in [0, 0.05) is 17.3 Å². The van der Waals surface area contributed by atoms with Crippen LogP contribution in [0.15, 0.2) is 66.9 Å². The van der Waals surface area contributed by atoms with Crippen molar-refractivity contribution in [2.45, 2.75) is 44.1 Å². The Morgan fingerprint density at radius 1 is 1.12 bits per heavy atom. The molecule has 6 heteroatoms. The molecular weight excluding hydrogens is 402 g/mol. The zero-order chi connectivity index (χ0) is 22.1. The van der Waals surface area contributed by atoms with Gasteiger partial charge < -0.3 is 14.8 Å². The molecule has 1 unspecified atom stereocenters. The van der Waals surface area contributed by atoms with E-state index in [1.165, 1.54) is 0 Å². The van der Waals surface area contributed by atoms with Crippen molar-refractivity contribution in [1.29, 1.82) is 0 Å². The van der Waals surface area contributed by atoms with Crippen molar-refractivity contribution in [3.8, 4) is 11.6 Å². The molecule has 1 fully saturated rings. The summed E-state index contributed by atoms with van der Waals surface area (Å²) in [6, 6.07) is 18.5. The van der Waals surface area contributed by atoms with Gasteiger partial charge in [0.05, 0.1) is 16.6 Å². The van der Waals surface area contributed by atoms with Crippen LogP contribution in [0.4, 0.5) is 0 Å². The van der Waals surface area contributed by atoms with E-state index in [2.05, 4.69) is 15.0 Å². The van der Waals surface area contributed by atoms with E-state index in [0.717, 1.165) is 35.9 Å². The highest BCUT2D eigenvalue weighted by Gasteiger charge is 2.32. The number of pyridine rings is 1. The molecule has 2 aromatic heterocycles. The van der Waals surface area contributed by atoms with Gasteiger partial charge in [-0.05, 0) is 81.0 Å². The maximum Gasteiger partial charge on any atom is 0.228 e. The average molecular weight is 428 g/mol. The molecule has 0 radical (unpaired) electrons. The number of aromatic amines is 1. The van der Waals surface area contributed by atoms with Crippen LogP contribution in [-0.2, 0) is 0 Å². The molecule has 6 nitrogen and oxygen atoms in total. The lowest BCUT2D eigenvalue weighted by Crippen LogP contribution is -2.30. The number of nitrogens with one attached hydrogen (secondary N) is 1. The number of fused-ring (bicyclic) bond motifs is 1. The minimum atomic E-state index is -0.658. The molecule has 2 atom stereocenters. The summed E-state index contributed by atoms with van der Waals surface area (Å²) in [5.74, 6) is 1.50. The van der Waals surface area contributed by atoms with Crippen LogP contribution in [0, 0.1) is 0 Å². The maximum absolute atomic E-state index is 12.8. The molecule has 162 valence electrons. The molecule has 32 heavy (non-hydrogen) atoms. The third kappa shape index (κ3) is 4.14.